The fourth-order valence-electron chi connectivity index (χ4n) is 3.22. The number of hydrogen-bond donors (Lipinski definition) is 3. The summed E-state index contributed by atoms with van der Waals surface area (Å²) in [5, 5.41) is 28.7. The second-order valence-electron chi connectivity index (χ2n) is 6.24. The first-order chi connectivity index (χ1) is 11.5. The maximum Gasteiger partial charge on any atom is 0.336 e. The quantitative estimate of drug-likeness (QED) is 0.733. The Morgan fingerprint density at radius 2 is 1.79 bits per heavy atom. The maximum absolute atomic E-state index is 12.1. The molecule has 1 aromatic heterocycles. The van der Waals surface area contributed by atoms with Crippen molar-refractivity contribution in [3.8, 4) is 11.8 Å². The SMILES string of the molecule is O=C(On1c(O)ccc1O)C1CCC(CN2C(=O)C=CC2O)CC1. The molecule has 3 N–H and O–H groups in total. The van der Waals surface area contributed by atoms with Gasteiger partial charge in [0.25, 0.3) is 0 Å². The molecular formula is C16H20N2O6. The van der Waals surface area contributed by atoms with Gasteiger partial charge < -0.3 is 25.1 Å². The van der Waals surface area contributed by atoms with E-state index in [0.717, 1.165) is 12.8 Å². The number of aliphatic hydroxyl groups is 1. The van der Waals surface area contributed by atoms with Crippen molar-refractivity contribution in [2.45, 2.75) is 31.9 Å². The summed E-state index contributed by atoms with van der Waals surface area (Å²) in [5.74, 6) is -1.48. The topological polar surface area (TPSA) is 112 Å². The van der Waals surface area contributed by atoms with E-state index in [9.17, 15) is 24.9 Å². The Bertz CT molecular complexity index is 640. The predicted molar refractivity (Wildman–Crippen MR) is 81.7 cm³/mol. The van der Waals surface area contributed by atoms with Crippen LogP contribution in [0, 0.1) is 11.8 Å². The Labute approximate surface area is 138 Å². The molecule has 2 aliphatic rings. The number of amides is 1. The third-order valence-corrected chi connectivity index (χ3v) is 4.63. The zero-order chi connectivity index (χ0) is 17.3. The van der Waals surface area contributed by atoms with Crippen molar-refractivity contribution in [2.24, 2.45) is 11.8 Å². The number of aliphatic hydroxyl groups excluding tert-OH is 1. The summed E-state index contributed by atoms with van der Waals surface area (Å²) in [6.07, 6.45) is 4.63. The average Bonchev–Trinajstić information content (AvgIpc) is 3.05. The van der Waals surface area contributed by atoms with Gasteiger partial charge in [0.2, 0.25) is 17.7 Å². The predicted octanol–water partition coefficient (Wildman–Crippen LogP) is 0.378. The van der Waals surface area contributed by atoms with Crippen LogP contribution < -0.4 is 4.84 Å². The molecule has 1 aromatic rings. The Balaban J connectivity index is 1.50. The number of rotatable bonds is 4. The highest BCUT2D eigenvalue weighted by Gasteiger charge is 2.32. The minimum absolute atomic E-state index is 0.192. The number of aromatic hydroxyl groups is 2. The van der Waals surface area contributed by atoms with Crippen molar-refractivity contribution in [1.29, 1.82) is 0 Å². The summed E-state index contributed by atoms with van der Waals surface area (Å²) in [6, 6.07) is 2.46. The van der Waals surface area contributed by atoms with E-state index in [2.05, 4.69) is 0 Å². The van der Waals surface area contributed by atoms with Crippen LogP contribution in [-0.2, 0) is 9.59 Å². The largest absolute Gasteiger partial charge is 0.492 e. The molecule has 0 aromatic carbocycles. The number of nitrogens with zero attached hydrogens (tertiary/aromatic N) is 2. The number of carbonyl (C=O) groups excluding carboxylic acids is 2. The van der Waals surface area contributed by atoms with Gasteiger partial charge in [0, 0.05) is 24.8 Å². The smallest absolute Gasteiger partial charge is 0.336 e. The van der Waals surface area contributed by atoms with Crippen LogP contribution in [0.5, 0.6) is 11.8 Å². The van der Waals surface area contributed by atoms with Gasteiger partial charge in [0.05, 0.1) is 5.92 Å². The molecule has 3 rings (SSSR count). The van der Waals surface area contributed by atoms with E-state index >= 15 is 0 Å². The van der Waals surface area contributed by atoms with Gasteiger partial charge in [-0.15, -0.1) is 4.73 Å². The standard InChI is InChI=1S/C16H20N2O6/c19-12-5-6-13(20)17(12)9-10-1-3-11(4-2-10)16(23)24-18-14(21)7-8-15(18)22/h5-8,10-12,19,21-22H,1-4,9H2. The monoisotopic (exact) mass is 336 g/mol. The Hall–Kier alpha value is -2.48. The first-order valence-corrected chi connectivity index (χ1v) is 7.94. The Morgan fingerprint density at radius 3 is 2.33 bits per heavy atom. The second kappa shape index (κ2) is 6.56. The van der Waals surface area contributed by atoms with Crippen LogP contribution in [0.2, 0.25) is 0 Å². The van der Waals surface area contributed by atoms with Gasteiger partial charge in [0.1, 0.15) is 6.23 Å². The first kappa shape index (κ1) is 16.4. The normalized spacial score (nSPS) is 26.8. The molecule has 1 aliphatic carbocycles. The fraction of sp³-hybridized carbons (Fsp3) is 0.500. The average molecular weight is 336 g/mol. The molecule has 0 radical (unpaired) electrons. The minimum atomic E-state index is -0.861. The number of hydrogen-bond acceptors (Lipinski definition) is 6. The van der Waals surface area contributed by atoms with Crippen LogP contribution in [0.15, 0.2) is 24.3 Å². The third-order valence-electron chi connectivity index (χ3n) is 4.63. The highest BCUT2D eigenvalue weighted by Crippen LogP contribution is 2.31. The second-order valence-corrected chi connectivity index (χ2v) is 6.24. The molecule has 0 bridgehead atoms. The van der Waals surface area contributed by atoms with Crippen molar-refractivity contribution < 1.29 is 29.7 Å². The van der Waals surface area contributed by atoms with E-state index in [-0.39, 0.29) is 29.5 Å². The van der Waals surface area contributed by atoms with Crippen molar-refractivity contribution in [3.05, 3.63) is 24.3 Å². The molecule has 1 amide bonds. The molecule has 1 aliphatic heterocycles. The van der Waals surface area contributed by atoms with Gasteiger partial charge in [-0.1, -0.05) is 0 Å². The lowest BCUT2D eigenvalue weighted by Crippen LogP contribution is -2.39. The summed E-state index contributed by atoms with van der Waals surface area (Å²) >= 11 is 0. The lowest BCUT2D eigenvalue weighted by molar-refractivity contribution is -0.152. The van der Waals surface area contributed by atoms with E-state index in [0.29, 0.717) is 24.1 Å². The summed E-state index contributed by atoms with van der Waals surface area (Å²) < 4.78 is 0.694. The number of aromatic nitrogens is 1. The summed E-state index contributed by atoms with van der Waals surface area (Å²) in [7, 11) is 0. The lowest BCUT2D eigenvalue weighted by Gasteiger charge is -2.31. The molecule has 24 heavy (non-hydrogen) atoms. The fourth-order valence-corrected chi connectivity index (χ4v) is 3.22. The van der Waals surface area contributed by atoms with Gasteiger partial charge in [-0.05, 0) is 37.7 Å². The first-order valence-electron chi connectivity index (χ1n) is 7.94. The van der Waals surface area contributed by atoms with Gasteiger partial charge in [-0.25, -0.2) is 4.79 Å². The number of carbonyl (C=O) groups is 2. The van der Waals surface area contributed by atoms with Crippen LogP contribution in [0.3, 0.4) is 0 Å². The molecule has 1 saturated carbocycles. The molecule has 130 valence electrons. The summed E-state index contributed by atoms with van der Waals surface area (Å²) in [5.41, 5.74) is 0. The van der Waals surface area contributed by atoms with E-state index < -0.39 is 12.2 Å². The van der Waals surface area contributed by atoms with Crippen molar-refractivity contribution in [3.63, 3.8) is 0 Å². The van der Waals surface area contributed by atoms with E-state index in [1.54, 1.807) is 0 Å². The molecule has 0 spiro atoms. The van der Waals surface area contributed by atoms with Crippen LogP contribution in [0.1, 0.15) is 25.7 Å². The highest BCUT2D eigenvalue weighted by atomic mass is 16.7. The van der Waals surface area contributed by atoms with Crippen LogP contribution >= 0.6 is 0 Å². The van der Waals surface area contributed by atoms with Crippen molar-refractivity contribution in [1.82, 2.24) is 9.63 Å². The maximum atomic E-state index is 12.1. The molecule has 1 unspecified atom stereocenters. The van der Waals surface area contributed by atoms with E-state index in [4.69, 9.17) is 4.84 Å². The van der Waals surface area contributed by atoms with Crippen LogP contribution in [0.25, 0.3) is 0 Å². The molecule has 1 fully saturated rings. The van der Waals surface area contributed by atoms with Gasteiger partial charge in [0.15, 0.2) is 0 Å². The molecular weight excluding hydrogens is 316 g/mol. The van der Waals surface area contributed by atoms with Crippen LogP contribution in [0.4, 0.5) is 0 Å². The summed E-state index contributed by atoms with van der Waals surface area (Å²) in [4.78, 5) is 30.2. The van der Waals surface area contributed by atoms with Gasteiger partial charge in [-0.2, -0.15) is 0 Å². The molecule has 8 nitrogen and oxygen atoms in total. The lowest BCUT2D eigenvalue weighted by atomic mass is 9.82. The Kier molecular flexibility index (Phi) is 4.48. The molecule has 2 heterocycles. The van der Waals surface area contributed by atoms with E-state index in [1.165, 1.54) is 29.2 Å². The molecule has 1 atom stereocenters. The molecule has 0 saturated heterocycles. The minimum Gasteiger partial charge on any atom is -0.492 e. The van der Waals surface area contributed by atoms with Gasteiger partial charge >= 0.3 is 5.97 Å². The van der Waals surface area contributed by atoms with Gasteiger partial charge in [-0.3, -0.25) is 4.79 Å². The Morgan fingerprint density at radius 1 is 1.17 bits per heavy atom. The van der Waals surface area contributed by atoms with Crippen molar-refractivity contribution in [2.75, 3.05) is 6.54 Å². The zero-order valence-electron chi connectivity index (χ0n) is 13.0. The third kappa shape index (κ3) is 3.23. The van der Waals surface area contributed by atoms with Crippen molar-refractivity contribution >= 4 is 11.9 Å². The highest BCUT2D eigenvalue weighted by molar-refractivity contribution is 5.90. The zero-order valence-corrected chi connectivity index (χ0v) is 13.0. The van der Waals surface area contributed by atoms with E-state index in [1.807, 2.05) is 0 Å². The molecule has 8 heteroatoms. The van der Waals surface area contributed by atoms with Crippen LogP contribution in [-0.4, -0.2) is 49.6 Å². The summed E-state index contributed by atoms with van der Waals surface area (Å²) in [6.45, 7) is 0.466.